The van der Waals surface area contributed by atoms with Crippen LogP contribution in [0.1, 0.15) is 18.0 Å². The molecule has 0 radical (unpaired) electrons. The predicted octanol–water partition coefficient (Wildman–Crippen LogP) is 3.30. The van der Waals surface area contributed by atoms with Crippen LogP contribution in [0, 0.1) is 11.7 Å². The van der Waals surface area contributed by atoms with E-state index in [1.54, 1.807) is 12.1 Å². The molecule has 1 N–H and O–H groups in total. The molecule has 1 fully saturated rings. The zero-order chi connectivity index (χ0) is 22.2. The maximum Gasteiger partial charge on any atom is 0.259 e. The van der Waals surface area contributed by atoms with Gasteiger partial charge in [0.2, 0.25) is 3.79 Å². The molecule has 3 atom stereocenters. The Morgan fingerprint density at radius 1 is 1.16 bits per heavy atom. The number of nitrogens with one attached hydrogen (secondary N) is 1. The number of hydrogen-bond donors (Lipinski definition) is 1. The molecule has 6 nitrogen and oxygen atoms in total. The Bertz CT molecular complexity index is 1010. The summed E-state index contributed by atoms with van der Waals surface area (Å²) in [7, 11) is 0. The van der Waals surface area contributed by atoms with Crippen LogP contribution < -0.4 is 15.6 Å². The number of amides is 1. The summed E-state index contributed by atoms with van der Waals surface area (Å²) in [5.41, 5.74) is 0.951. The molecule has 1 saturated heterocycles. The summed E-state index contributed by atoms with van der Waals surface area (Å²) < 4.78 is 18.4. The Morgan fingerprint density at radius 3 is 2.61 bits per heavy atom. The van der Waals surface area contributed by atoms with Crippen molar-refractivity contribution in [3.05, 3.63) is 64.3 Å². The van der Waals surface area contributed by atoms with Crippen molar-refractivity contribution in [1.82, 2.24) is 14.8 Å². The van der Waals surface area contributed by atoms with Crippen molar-refractivity contribution in [3.8, 4) is 5.75 Å². The monoisotopic (exact) mass is 487 g/mol. The lowest BCUT2D eigenvalue weighted by atomic mass is 9.83. The molecule has 31 heavy (non-hydrogen) atoms. The van der Waals surface area contributed by atoms with Crippen LogP contribution in [0.2, 0.25) is 0 Å². The van der Waals surface area contributed by atoms with E-state index in [2.05, 4.69) is 5.32 Å². The van der Waals surface area contributed by atoms with Gasteiger partial charge in [0.1, 0.15) is 17.7 Å². The summed E-state index contributed by atoms with van der Waals surface area (Å²) in [4.78, 5) is 26.7. The fraction of sp³-hybridized carbons (Fsp3) is 0.429. The number of rotatable bonds is 5. The number of aromatic nitrogens is 1. The van der Waals surface area contributed by atoms with Crippen LogP contribution in [-0.2, 0) is 11.3 Å². The van der Waals surface area contributed by atoms with Gasteiger partial charge in [-0.05, 0) is 42.7 Å². The van der Waals surface area contributed by atoms with Crippen molar-refractivity contribution in [2.75, 3.05) is 19.7 Å². The first-order chi connectivity index (χ1) is 14.7. The molecular weight excluding hydrogens is 468 g/mol. The Labute approximate surface area is 193 Å². The largest absolute Gasteiger partial charge is 0.484 e. The van der Waals surface area contributed by atoms with Crippen LogP contribution in [0.4, 0.5) is 4.39 Å². The molecule has 4 rings (SSSR count). The second kappa shape index (κ2) is 8.98. The molecule has 0 aliphatic carbocycles. The van der Waals surface area contributed by atoms with E-state index in [9.17, 15) is 14.0 Å². The molecule has 10 heteroatoms. The number of carbonyl (C=O) groups is 1. The zero-order valence-corrected chi connectivity index (χ0v) is 18.7. The summed E-state index contributed by atoms with van der Waals surface area (Å²) in [5.74, 6) is -0.200. The van der Waals surface area contributed by atoms with Gasteiger partial charge in [0, 0.05) is 37.3 Å². The normalized spacial score (nSPS) is 21.8. The topological polar surface area (TPSA) is 63.6 Å². The minimum absolute atomic E-state index is 0.00942. The highest BCUT2D eigenvalue weighted by Gasteiger charge is 2.44. The first-order valence-corrected chi connectivity index (χ1v) is 11.0. The van der Waals surface area contributed by atoms with E-state index in [-0.39, 0.29) is 24.0 Å². The molecular formula is C21H21Cl3FN3O3. The van der Waals surface area contributed by atoms with E-state index in [0.29, 0.717) is 25.4 Å². The SMILES string of the molecule is O=C(COc1ccc(F)cc1)N[C@@H](N1C[C@H]2C[C@H](C1)c1cccc(=O)n1C2)C(Cl)(Cl)Cl. The van der Waals surface area contributed by atoms with Crippen molar-refractivity contribution < 1.29 is 13.9 Å². The molecule has 1 aromatic carbocycles. The standard InChI is InChI=1S/C21H21Cl3FN3O3/c22-21(23,24)20(26-18(29)12-31-16-6-4-15(25)5-7-16)27-9-13-8-14(11-27)17-2-1-3-19(30)28(17)10-13/h1-7,13-14,20H,8-12H2,(H,26,29)/t13-,14-,20+/m1/s1. The number of halogens is 4. The Morgan fingerprint density at radius 2 is 1.90 bits per heavy atom. The van der Waals surface area contributed by atoms with Crippen LogP contribution in [0.15, 0.2) is 47.3 Å². The predicted molar refractivity (Wildman–Crippen MR) is 117 cm³/mol. The summed E-state index contributed by atoms with van der Waals surface area (Å²) in [6.45, 7) is 1.41. The molecule has 0 unspecified atom stereocenters. The van der Waals surface area contributed by atoms with Gasteiger partial charge in [-0.25, -0.2) is 4.39 Å². The number of alkyl halides is 3. The maximum atomic E-state index is 13.0. The highest BCUT2D eigenvalue weighted by atomic mass is 35.6. The second-order valence-corrected chi connectivity index (χ2v) is 10.3. The van der Waals surface area contributed by atoms with Gasteiger partial charge in [0.15, 0.2) is 6.61 Å². The Kier molecular flexibility index (Phi) is 6.49. The third kappa shape index (κ3) is 5.17. The summed E-state index contributed by atoms with van der Waals surface area (Å²) in [6, 6.07) is 10.6. The number of carbonyl (C=O) groups excluding carboxylic acids is 1. The number of piperidine rings is 1. The smallest absolute Gasteiger partial charge is 0.259 e. The van der Waals surface area contributed by atoms with Crippen LogP contribution in [0.25, 0.3) is 0 Å². The molecule has 1 amide bonds. The minimum Gasteiger partial charge on any atom is -0.484 e. The lowest BCUT2D eigenvalue weighted by Gasteiger charge is -2.47. The molecule has 3 heterocycles. The van der Waals surface area contributed by atoms with Crippen molar-refractivity contribution in [2.24, 2.45) is 5.92 Å². The molecule has 1 aromatic heterocycles. The van der Waals surface area contributed by atoms with Gasteiger partial charge < -0.3 is 14.6 Å². The first kappa shape index (κ1) is 22.4. The van der Waals surface area contributed by atoms with E-state index >= 15 is 0 Å². The molecule has 166 valence electrons. The highest BCUT2D eigenvalue weighted by molar-refractivity contribution is 6.68. The fourth-order valence-corrected chi connectivity index (χ4v) is 4.98. The number of ether oxygens (including phenoxy) is 1. The van der Waals surface area contributed by atoms with Crippen molar-refractivity contribution in [3.63, 3.8) is 0 Å². The lowest BCUT2D eigenvalue weighted by molar-refractivity contribution is -0.125. The van der Waals surface area contributed by atoms with Crippen molar-refractivity contribution in [1.29, 1.82) is 0 Å². The van der Waals surface area contributed by atoms with Crippen molar-refractivity contribution in [2.45, 2.75) is 28.8 Å². The van der Waals surface area contributed by atoms with Gasteiger partial charge in [0.25, 0.3) is 11.5 Å². The van der Waals surface area contributed by atoms with Crippen LogP contribution in [-0.4, -0.2) is 45.0 Å². The number of benzene rings is 1. The quantitative estimate of drug-likeness (QED) is 0.656. The van der Waals surface area contributed by atoms with Gasteiger partial charge in [0.05, 0.1) is 0 Å². The highest BCUT2D eigenvalue weighted by Crippen LogP contribution is 2.39. The Hall–Kier alpha value is -1.80. The van der Waals surface area contributed by atoms with E-state index in [4.69, 9.17) is 39.5 Å². The lowest BCUT2D eigenvalue weighted by Crippen LogP contribution is -2.60. The van der Waals surface area contributed by atoms with Gasteiger partial charge in [-0.1, -0.05) is 40.9 Å². The van der Waals surface area contributed by atoms with Gasteiger partial charge in [-0.3, -0.25) is 14.5 Å². The van der Waals surface area contributed by atoms with Gasteiger partial charge in [-0.15, -0.1) is 0 Å². The third-order valence-corrected chi connectivity index (χ3v) is 6.28. The van der Waals surface area contributed by atoms with Gasteiger partial charge in [-0.2, -0.15) is 0 Å². The van der Waals surface area contributed by atoms with Gasteiger partial charge >= 0.3 is 0 Å². The van der Waals surface area contributed by atoms with E-state index in [1.807, 2.05) is 15.5 Å². The van der Waals surface area contributed by atoms with E-state index < -0.39 is 21.7 Å². The molecule has 2 aliphatic heterocycles. The van der Waals surface area contributed by atoms with Crippen molar-refractivity contribution >= 4 is 40.7 Å². The summed E-state index contributed by atoms with van der Waals surface area (Å²) in [6.07, 6.45) is 0.0721. The summed E-state index contributed by atoms with van der Waals surface area (Å²) >= 11 is 18.7. The molecule has 0 spiro atoms. The van der Waals surface area contributed by atoms with E-state index in [0.717, 1.165) is 12.1 Å². The third-order valence-electron chi connectivity index (χ3n) is 5.66. The summed E-state index contributed by atoms with van der Waals surface area (Å²) in [5, 5.41) is 2.76. The number of hydrogen-bond acceptors (Lipinski definition) is 4. The molecule has 0 saturated carbocycles. The number of pyridine rings is 1. The molecule has 2 aromatic rings. The number of fused-ring (bicyclic) bond motifs is 4. The van der Waals surface area contributed by atoms with Crippen LogP contribution in [0.3, 0.4) is 0 Å². The van der Waals surface area contributed by atoms with Crippen LogP contribution in [0.5, 0.6) is 5.75 Å². The molecule has 2 bridgehead atoms. The minimum atomic E-state index is -1.77. The maximum absolute atomic E-state index is 13.0. The average Bonchev–Trinajstić information content (AvgIpc) is 2.71. The fourth-order valence-electron chi connectivity index (χ4n) is 4.40. The van der Waals surface area contributed by atoms with E-state index in [1.165, 1.54) is 24.3 Å². The second-order valence-electron chi connectivity index (χ2n) is 7.91. The number of nitrogens with zero attached hydrogens (tertiary/aromatic N) is 2. The average molecular weight is 489 g/mol. The zero-order valence-electron chi connectivity index (χ0n) is 16.4. The first-order valence-electron chi connectivity index (χ1n) is 9.89. The Balaban J connectivity index is 1.45. The number of likely N-dealkylation sites (tertiary alicyclic amines) is 1. The molecule has 2 aliphatic rings. The van der Waals surface area contributed by atoms with Crippen LogP contribution >= 0.6 is 34.8 Å².